The summed E-state index contributed by atoms with van der Waals surface area (Å²) in [5, 5.41) is 10.6. The standard InChI is InChI=1S/C16H28N2O2.Na/c1-2-3-4-5-6-7-8-9-14(10-11-15(19)20)16-17-12-13-18-16;/h12-14H,2-11H2,1H3,(H,17,18)(H,19,20);/q;+1/p-1. The number of hydrogen-bond acceptors (Lipinski definition) is 3. The molecule has 0 saturated heterocycles. The molecule has 1 atom stereocenters. The Kier molecular flexibility index (Phi) is 13.1. The zero-order valence-electron chi connectivity index (χ0n) is 13.6. The van der Waals surface area contributed by atoms with Crippen molar-refractivity contribution in [2.24, 2.45) is 0 Å². The SMILES string of the molecule is CCCCCCCCCC(CCC(=O)[O-])c1ncc[nH]1.[Na+]. The number of rotatable bonds is 12. The number of nitrogens with one attached hydrogen (secondary N) is 1. The molecule has 0 aromatic carbocycles. The molecule has 114 valence electrons. The topological polar surface area (TPSA) is 68.8 Å². The van der Waals surface area contributed by atoms with E-state index in [9.17, 15) is 9.90 Å². The van der Waals surface area contributed by atoms with Crippen molar-refractivity contribution in [2.45, 2.75) is 77.0 Å². The van der Waals surface area contributed by atoms with Crippen molar-refractivity contribution in [3.63, 3.8) is 0 Å². The minimum Gasteiger partial charge on any atom is -0.550 e. The van der Waals surface area contributed by atoms with Crippen LogP contribution in [0.1, 0.15) is 82.9 Å². The first-order chi connectivity index (χ1) is 9.74. The van der Waals surface area contributed by atoms with E-state index in [4.69, 9.17) is 0 Å². The van der Waals surface area contributed by atoms with Gasteiger partial charge in [0.25, 0.3) is 0 Å². The minimum absolute atomic E-state index is 0. The Morgan fingerprint density at radius 1 is 1.19 bits per heavy atom. The van der Waals surface area contributed by atoms with Crippen molar-refractivity contribution in [3.8, 4) is 0 Å². The molecule has 1 aromatic rings. The van der Waals surface area contributed by atoms with E-state index < -0.39 is 5.97 Å². The molecular formula is C16H27N2NaO2. The summed E-state index contributed by atoms with van der Waals surface area (Å²) in [5.41, 5.74) is 0. The van der Waals surface area contributed by atoms with E-state index in [1.807, 2.05) is 0 Å². The first-order valence-electron chi connectivity index (χ1n) is 7.93. The van der Waals surface area contributed by atoms with E-state index in [1.54, 1.807) is 12.4 Å². The molecular weight excluding hydrogens is 275 g/mol. The Morgan fingerprint density at radius 2 is 1.86 bits per heavy atom. The van der Waals surface area contributed by atoms with Gasteiger partial charge in [0, 0.05) is 24.3 Å². The summed E-state index contributed by atoms with van der Waals surface area (Å²) in [6.07, 6.45) is 14.2. The summed E-state index contributed by atoms with van der Waals surface area (Å²) < 4.78 is 0. The first kappa shape index (κ1) is 20.7. The molecule has 0 aliphatic heterocycles. The number of imidazole rings is 1. The van der Waals surface area contributed by atoms with Crippen LogP contribution in [0.4, 0.5) is 0 Å². The maximum Gasteiger partial charge on any atom is 1.00 e. The predicted molar refractivity (Wildman–Crippen MR) is 78.2 cm³/mol. The van der Waals surface area contributed by atoms with Crippen molar-refractivity contribution in [1.82, 2.24) is 9.97 Å². The predicted octanol–water partition coefficient (Wildman–Crippen LogP) is 0.168. The molecule has 0 aliphatic carbocycles. The largest absolute Gasteiger partial charge is 1.00 e. The van der Waals surface area contributed by atoms with Gasteiger partial charge in [-0.3, -0.25) is 0 Å². The fourth-order valence-corrected chi connectivity index (χ4v) is 2.56. The third-order valence-electron chi connectivity index (χ3n) is 3.76. The van der Waals surface area contributed by atoms with Crippen molar-refractivity contribution < 1.29 is 39.5 Å². The van der Waals surface area contributed by atoms with Gasteiger partial charge in [-0.1, -0.05) is 51.9 Å². The van der Waals surface area contributed by atoms with Gasteiger partial charge in [0.2, 0.25) is 0 Å². The molecule has 1 N–H and O–H groups in total. The average molecular weight is 302 g/mol. The number of carbonyl (C=O) groups is 1. The normalized spacial score (nSPS) is 11.9. The first-order valence-corrected chi connectivity index (χ1v) is 7.93. The van der Waals surface area contributed by atoms with Gasteiger partial charge in [0.15, 0.2) is 0 Å². The van der Waals surface area contributed by atoms with E-state index in [0.717, 1.165) is 18.7 Å². The third-order valence-corrected chi connectivity index (χ3v) is 3.76. The van der Waals surface area contributed by atoms with Gasteiger partial charge in [0.05, 0.1) is 0 Å². The second-order valence-corrected chi connectivity index (χ2v) is 5.49. The fourth-order valence-electron chi connectivity index (χ4n) is 2.56. The van der Waals surface area contributed by atoms with E-state index >= 15 is 0 Å². The minimum atomic E-state index is -0.971. The average Bonchev–Trinajstić information content (AvgIpc) is 2.94. The molecule has 0 aliphatic rings. The molecule has 0 bridgehead atoms. The van der Waals surface area contributed by atoms with Crippen LogP contribution < -0.4 is 34.7 Å². The van der Waals surface area contributed by atoms with E-state index in [0.29, 0.717) is 6.42 Å². The van der Waals surface area contributed by atoms with Crippen molar-refractivity contribution >= 4 is 5.97 Å². The van der Waals surface area contributed by atoms with Gasteiger partial charge in [0.1, 0.15) is 5.82 Å². The molecule has 1 rings (SSSR count). The van der Waals surface area contributed by atoms with Crippen LogP contribution in [0, 0.1) is 0 Å². The van der Waals surface area contributed by atoms with Crippen molar-refractivity contribution in [2.75, 3.05) is 0 Å². The fraction of sp³-hybridized carbons (Fsp3) is 0.750. The summed E-state index contributed by atoms with van der Waals surface area (Å²) in [7, 11) is 0. The molecule has 0 amide bonds. The summed E-state index contributed by atoms with van der Waals surface area (Å²) >= 11 is 0. The number of aliphatic carboxylic acids is 1. The number of aromatic nitrogens is 2. The zero-order chi connectivity index (χ0) is 14.6. The van der Waals surface area contributed by atoms with Crippen LogP contribution in [-0.2, 0) is 4.79 Å². The molecule has 21 heavy (non-hydrogen) atoms. The molecule has 0 saturated carbocycles. The van der Waals surface area contributed by atoms with Crippen LogP contribution in [0.25, 0.3) is 0 Å². The number of aromatic amines is 1. The summed E-state index contributed by atoms with van der Waals surface area (Å²) in [6.45, 7) is 2.23. The number of carbonyl (C=O) groups excluding carboxylic acids is 1. The van der Waals surface area contributed by atoms with Crippen LogP contribution in [0.2, 0.25) is 0 Å². The molecule has 5 heteroatoms. The number of hydrogen-bond donors (Lipinski definition) is 1. The van der Waals surface area contributed by atoms with E-state index in [2.05, 4.69) is 16.9 Å². The Morgan fingerprint density at radius 3 is 2.43 bits per heavy atom. The maximum absolute atomic E-state index is 10.6. The van der Waals surface area contributed by atoms with E-state index in [-0.39, 0.29) is 41.9 Å². The smallest absolute Gasteiger partial charge is 0.550 e. The third kappa shape index (κ3) is 10.1. The van der Waals surface area contributed by atoms with Crippen molar-refractivity contribution in [1.29, 1.82) is 0 Å². The van der Waals surface area contributed by atoms with Gasteiger partial charge in [-0.15, -0.1) is 0 Å². The van der Waals surface area contributed by atoms with Crippen LogP contribution >= 0.6 is 0 Å². The number of H-pyrrole nitrogens is 1. The quantitative estimate of drug-likeness (QED) is 0.442. The second-order valence-electron chi connectivity index (χ2n) is 5.49. The van der Waals surface area contributed by atoms with Gasteiger partial charge < -0.3 is 14.9 Å². The number of carboxylic acids is 1. The molecule has 1 aromatic heterocycles. The van der Waals surface area contributed by atoms with Crippen LogP contribution in [0.3, 0.4) is 0 Å². The molecule has 1 unspecified atom stereocenters. The Bertz CT molecular complexity index is 355. The number of nitrogens with zero attached hydrogens (tertiary/aromatic N) is 1. The van der Waals surface area contributed by atoms with Crippen LogP contribution in [0.15, 0.2) is 12.4 Å². The van der Waals surface area contributed by atoms with E-state index in [1.165, 1.54) is 38.5 Å². The van der Waals surface area contributed by atoms with Gasteiger partial charge in [-0.05, 0) is 19.3 Å². The second kappa shape index (κ2) is 13.4. The molecule has 4 nitrogen and oxygen atoms in total. The van der Waals surface area contributed by atoms with Gasteiger partial charge in [-0.25, -0.2) is 4.98 Å². The Hall–Kier alpha value is -0.320. The number of carboxylic acid groups (broad SMARTS) is 1. The summed E-state index contributed by atoms with van der Waals surface area (Å²) in [4.78, 5) is 18.0. The summed E-state index contributed by atoms with van der Waals surface area (Å²) in [5.74, 6) is 0.164. The van der Waals surface area contributed by atoms with Crippen LogP contribution in [-0.4, -0.2) is 15.9 Å². The number of unbranched alkanes of at least 4 members (excludes halogenated alkanes) is 6. The molecule has 0 spiro atoms. The molecule has 0 fully saturated rings. The van der Waals surface area contributed by atoms with Gasteiger partial charge >= 0.3 is 29.6 Å². The van der Waals surface area contributed by atoms with Crippen LogP contribution in [0.5, 0.6) is 0 Å². The Labute approximate surface area is 150 Å². The van der Waals surface area contributed by atoms with Gasteiger partial charge in [-0.2, -0.15) is 0 Å². The maximum atomic E-state index is 10.6. The van der Waals surface area contributed by atoms with Crippen molar-refractivity contribution in [3.05, 3.63) is 18.2 Å². The molecule has 0 radical (unpaired) electrons. The summed E-state index contributed by atoms with van der Waals surface area (Å²) in [6, 6.07) is 0. The molecule has 1 heterocycles. The zero-order valence-corrected chi connectivity index (χ0v) is 15.6. The Balaban J connectivity index is 0.00000400. The monoisotopic (exact) mass is 302 g/mol.